The largest absolute Gasteiger partial charge is 0.214 e. The van der Waals surface area contributed by atoms with Crippen LogP contribution in [-0.4, -0.2) is 4.26 Å². The first kappa shape index (κ1) is 38.0. The van der Waals surface area contributed by atoms with Gasteiger partial charge >= 0.3 is 40.0 Å². The molecular formula is C39H48Cl2Hf-4. The first-order valence-corrected chi connectivity index (χ1v) is 25.9. The molecule has 0 aromatic heterocycles. The Morgan fingerprint density at radius 2 is 1.26 bits per heavy atom. The van der Waals surface area contributed by atoms with Gasteiger partial charge in [0.2, 0.25) is 0 Å². The summed E-state index contributed by atoms with van der Waals surface area (Å²) < 4.78 is 3.38. The molecule has 0 bridgehead atoms. The summed E-state index contributed by atoms with van der Waals surface area (Å²) in [5.41, 5.74) is 3.21. The van der Waals surface area contributed by atoms with Crippen LogP contribution < -0.4 is 0 Å². The van der Waals surface area contributed by atoms with Crippen LogP contribution in [0.5, 0.6) is 0 Å². The summed E-state index contributed by atoms with van der Waals surface area (Å²) in [6.07, 6.45) is 5.25. The zero-order valence-corrected chi connectivity index (χ0v) is 31.5. The van der Waals surface area contributed by atoms with Crippen molar-refractivity contribution in [2.45, 2.75) is 71.6 Å². The molecular weight excluding hydrogens is 718 g/mol. The molecule has 0 amide bonds. The van der Waals surface area contributed by atoms with Crippen molar-refractivity contribution >= 4 is 43.0 Å². The molecule has 0 saturated heterocycles. The molecule has 3 heteroatoms. The summed E-state index contributed by atoms with van der Waals surface area (Å²) >= 11 is -1.96. The molecule has 0 radical (unpaired) electrons. The average molecular weight is 766 g/mol. The second-order valence-electron chi connectivity index (χ2n) is 11.9. The second kappa shape index (κ2) is 20.0. The van der Waals surface area contributed by atoms with Gasteiger partial charge in [-0.15, -0.1) is 46.3 Å². The summed E-state index contributed by atoms with van der Waals surface area (Å²) in [6, 6.07) is 38.7. The van der Waals surface area contributed by atoms with Gasteiger partial charge in [-0.25, -0.2) is 12.1 Å². The van der Waals surface area contributed by atoms with Crippen LogP contribution in [0.2, 0.25) is 0 Å². The molecule has 0 heterocycles. The fraction of sp³-hybridized carbons (Fsp3) is 0.282. The zero-order chi connectivity index (χ0) is 31.6. The Hall–Kier alpha value is -2.06. The van der Waals surface area contributed by atoms with Gasteiger partial charge < -0.3 is 6.92 Å². The van der Waals surface area contributed by atoms with E-state index in [4.69, 9.17) is 17.2 Å². The van der Waals surface area contributed by atoms with E-state index in [9.17, 15) is 0 Å². The number of hydrogen-bond donors (Lipinski definition) is 0. The minimum atomic E-state index is -1.96. The summed E-state index contributed by atoms with van der Waals surface area (Å²) in [5.74, 6) is 0. The number of hydrogen-bond acceptors (Lipinski definition) is 0. The minimum absolute atomic E-state index is 0.203. The molecule has 0 spiro atoms. The van der Waals surface area contributed by atoms with Gasteiger partial charge in [-0.2, -0.15) is 61.0 Å². The van der Waals surface area contributed by atoms with E-state index in [1.807, 2.05) is 66.7 Å². The third-order valence-electron chi connectivity index (χ3n) is 6.26. The van der Waals surface area contributed by atoms with Crippen molar-refractivity contribution in [3.05, 3.63) is 140 Å². The van der Waals surface area contributed by atoms with Gasteiger partial charge in [0.05, 0.1) is 0 Å². The Bertz CT molecular complexity index is 1300. The van der Waals surface area contributed by atoms with Crippen LogP contribution in [0.1, 0.15) is 71.9 Å². The monoisotopic (exact) mass is 766 g/mol. The molecule has 0 aliphatic rings. The van der Waals surface area contributed by atoms with Gasteiger partial charge in [-0.3, -0.25) is 0 Å². The molecule has 226 valence electrons. The van der Waals surface area contributed by atoms with Crippen LogP contribution in [0.25, 0.3) is 21.5 Å². The number of rotatable bonds is 3. The molecule has 42 heavy (non-hydrogen) atoms. The molecule has 0 saturated carbocycles. The van der Waals surface area contributed by atoms with E-state index < -0.39 is 18.6 Å². The minimum Gasteiger partial charge on any atom is -0.214 e. The summed E-state index contributed by atoms with van der Waals surface area (Å²) in [7, 11) is 10.3. The topological polar surface area (TPSA) is 0 Å². The normalized spacial score (nSPS) is 10.5. The van der Waals surface area contributed by atoms with Crippen molar-refractivity contribution in [3.8, 4) is 0 Å². The Morgan fingerprint density at radius 1 is 0.810 bits per heavy atom. The van der Waals surface area contributed by atoms with Gasteiger partial charge in [0.25, 0.3) is 0 Å². The van der Waals surface area contributed by atoms with Crippen LogP contribution >= 0.6 is 17.2 Å². The molecule has 0 atom stereocenters. The summed E-state index contributed by atoms with van der Waals surface area (Å²) in [4.78, 5) is 0. The fourth-order valence-electron chi connectivity index (χ4n) is 3.91. The molecule has 0 fully saturated rings. The van der Waals surface area contributed by atoms with E-state index in [1.54, 1.807) is 0 Å². The standard InChI is InChI=1S/C21H25.C6H5.C6H11.C5H5.CH2.2ClH.Hf/c1-20(2,3)16-7-9-18-14(12-16)11-15-13-17(21(4,5)6)8-10-19(15)18;1-2-4-6-5-3-1;1-3-5-6-4-2;1-2-4-5-3-1;;;;/h7-13H,1-6H3;1-5H;3H,1-2,4-6H2;1-5H;1H2;2*1H;/q4*-1;;;;+2/p-2. The second-order valence-corrected chi connectivity index (χ2v) is 23.4. The quantitative estimate of drug-likeness (QED) is 0.0743. The molecule has 5 rings (SSSR count). The number of benzene rings is 3. The zero-order valence-electron chi connectivity index (χ0n) is 26.4. The van der Waals surface area contributed by atoms with Crippen LogP contribution in [-0.2, 0) is 29.4 Å². The third-order valence-corrected chi connectivity index (χ3v) is 6.26. The SMILES string of the molecule is C=CCCC[CH2-].CC(C)(C)c1ccc2c(c1)[cH-]c1cc(C(C)(C)C)ccc12.[CH2]=[Hf]([Cl])[Cl].[c-]1ccccc1.c1cc[cH-]c1. The van der Waals surface area contributed by atoms with E-state index >= 15 is 0 Å². The summed E-state index contributed by atoms with van der Waals surface area (Å²) in [5, 5.41) is 5.48. The number of fused-ring (bicyclic) bond motifs is 3. The third kappa shape index (κ3) is 15.4. The van der Waals surface area contributed by atoms with Crippen molar-refractivity contribution < 1.29 is 18.6 Å². The Kier molecular flexibility index (Phi) is 18.1. The van der Waals surface area contributed by atoms with Gasteiger partial charge in [-0.1, -0.05) is 89.4 Å². The number of allylic oxidation sites excluding steroid dienone is 1. The van der Waals surface area contributed by atoms with Crippen LogP contribution in [0.3, 0.4) is 0 Å². The van der Waals surface area contributed by atoms with Gasteiger partial charge in [0.1, 0.15) is 0 Å². The van der Waals surface area contributed by atoms with Crippen molar-refractivity contribution in [1.82, 2.24) is 0 Å². The molecule has 0 nitrogen and oxygen atoms in total. The fourth-order valence-corrected chi connectivity index (χ4v) is 3.91. The van der Waals surface area contributed by atoms with Gasteiger partial charge in [0.15, 0.2) is 0 Å². The van der Waals surface area contributed by atoms with E-state index in [-0.39, 0.29) is 10.8 Å². The molecule has 0 aliphatic carbocycles. The number of halogens is 2. The summed E-state index contributed by atoms with van der Waals surface area (Å²) in [6.45, 7) is 20.9. The van der Waals surface area contributed by atoms with E-state index in [2.05, 4.69) is 108 Å². The smallest absolute Gasteiger partial charge is 0.171 e. The first-order valence-electron chi connectivity index (χ1n) is 14.4. The molecule has 0 N–H and O–H groups in total. The Labute approximate surface area is 271 Å². The van der Waals surface area contributed by atoms with E-state index in [1.165, 1.54) is 39.1 Å². The first-order chi connectivity index (χ1) is 19.8. The van der Waals surface area contributed by atoms with E-state index in [0.29, 0.717) is 0 Å². The van der Waals surface area contributed by atoms with Crippen LogP contribution in [0, 0.1) is 13.0 Å². The van der Waals surface area contributed by atoms with Crippen molar-refractivity contribution in [3.63, 3.8) is 0 Å². The van der Waals surface area contributed by atoms with Crippen LogP contribution in [0.15, 0.2) is 116 Å². The molecule has 0 unspecified atom stereocenters. The van der Waals surface area contributed by atoms with Crippen molar-refractivity contribution in [1.29, 1.82) is 0 Å². The maximum Gasteiger partial charge on any atom is -0.171 e. The predicted molar refractivity (Wildman–Crippen MR) is 190 cm³/mol. The van der Waals surface area contributed by atoms with Gasteiger partial charge in [-0.05, 0) is 17.3 Å². The molecule has 5 aromatic carbocycles. The van der Waals surface area contributed by atoms with E-state index in [0.717, 1.165) is 12.8 Å². The maximum absolute atomic E-state index is 5.14. The number of unbranched alkanes of at least 4 members (excludes halogenated alkanes) is 2. The van der Waals surface area contributed by atoms with Crippen LogP contribution in [0.4, 0.5) is 0 Å². The van der Waals surface area contributed by atoms with Gasteiger partial charge in [0, 0.05) is 0 Å². The maximum atomic E-state index is 5.14. The van der Waals surface area contributed by atoms with Crippen molar-refractivity contribution in [2.24, 2.45) is 0 Å². The Balaban J connectivity index is 0.000000339. The van der Waals surface area contributed by atoms with Crippen molar-refractivity contribution in [2.75, 3.05) is 0 Å². The Morgan fingerprint density at radius 3 is 1.50 bits per heavy atom. The molecule has 5 aromatic rings. The molecule has 0 aliphatic heterocycles. The predicted octanol–water partition coefficient (Wildman–Crippen LogP) is 12.7. The average Bonchev–Trinajstić information content (AvgIpc) is 3.63.